The van der Waals surface area contributed by atoms with E-state index in [0.717, 1.165) is 5.56 Å². The second-order valence-electron chi connectivity index (χ2n) is 6.74. The van der Waals surface area contributed by atoms with Crippen molar-refractivity contribution in [2.45, 2.75) is 38.1 Å². The number of H-pyrrole nitrogens is 1. The minimum Gasteiger partial charge on any atom is -0.367 e. The van der Waals surface area contributed by atoms with Gasteiger partial charge in [-0.25, -0.2) is 8.42 Å². The molecule has 0 saturated carbocycles. The van der Waals surface area contributed by atoms with Gasteiger partial charge in [0, 0.05) is 25.2 Å². The normalized spacial score (nSPS) is 21.3. The fourth-order valence-corrected chi connectivity index (χ4v) is 5.18. The largest absolute Gasteiger partial charge is 0.367 e. The quantitative estimate of drug-likeness (QED) is 0.758. The maximum atomic E-state index is 12.9. The third-order valence-electron chi connectivity index (χ3n) is 4.94. The van der Waals surface area contributed by atoms with Crippen molar-refractivity contribution in [3.8, 4) is 0 Å². The molecule has 0 aliphatic carbocycles. The lowest BCUT2D eigenvalue weighted by Gasteiger charge is -2.44. The molecule has 27 heavy (non-hydrogen) atoms. The van der Waals surface area contributed by atoms with Gasteiger partial charge in [0.05, 0.1) is 12.2 Å². The first-order valence-corrected chi connectivity index (χ1v) is 10.4. The number of nitrogens with one attached hydrogen (secondary N) is 1. The summed E-state index contributed by atoms with van der Waals surface area (Å²) in [6.07, 6.45) is 0.0536. The van der Waals surface area contributed by atoms with Gasteiger partial charge in [-0.05, 0) is 19.4 Å². The lowest BCUT2D eigenvalue weighted by molar-refractivity contribution is -0.135. The van der Waals surface area contributed by atoms with E-state index in [1.165, 1.54) is 4.31 Å². The first kappa shape index (κ1) is 19.3. The van der Waals surface area contributed by atoms with E-state index in [1.54, 1.807) is 17.0 Å². The summed E-state index contributed by atoms with van der Waals surface area (Å²) in [5.74, 6) is 0.314. The molecule has 10 heteroatoms. The zero-order valence-electron chi connectivity index (χ0n) is 15.4. The topological polar surface area (TPSA) is 125 Å². The summed E-state index contributed by atoms with van der Waals surface area (Å²) in [6, 6.07) is 8.53. The van der Waals surface area contributed by atoms with Gasteiger partial charge < -0.3 is 10.6 Å². The summed E-state index contributed by atoms with van der Waals surface area (Å²) >= 11 is 0. The van der Waals surface area contributed by atoms with Crippen LogP contribution >= 0.6 is 0 Å². The number of aromatic amines is 1. The fraction of sp³-hybridized carbons (Fsp3) is 0.471. The number of nitrogen functional groups attached to an aromatic ring is 1. The molecular weight excluding hydrogens is 368 g/mol. The number of rotatable bonds is 5. The first-order valence-electron chi connectivity index (χ1n) is 8.77. The van der Waals surface area contributed by atoms with Crippen molar-refractivity contribution >= 4 is 21.9 Å². The molecule has 2 aromatic rings. The Morgan fingerprint density at radius 1 is 1.22 bits per heavy atom. The molecule has 146 valence electrons. The van der Waals surface area contributed by atoms with Crippen molar-refractivity contribution in [1.29, 1.82) is 0 Å². The number of nitrogens with zero attached hydrogens (tertiary/aromatic N) is 4. The van der Waals surface area contributed by atoms with E-state index in [-0.39, 0.29) is 42.7 Å². The van der Waals surface area contributed by atoms with E-state index in [1.807, 2.05) is 32.0 Å². The van der Waals surface area contributed by atoms with Gasteiger partial charge in [0.15, 0.2) is 0 Å². The van der Waals surface area contributed by atoms with E-state index in [2.05, 4.69) is 15.2 Å². The third kappa shape index (κ3) is 4.28. The van der Waals surface area contributed by atoms with Crippen LogP contribution in [0.2, 0.25) is 0 Å². The number of nitrogens with two attached hydrogens (primary N) is 1. The van der Waals surface area contributed by atoms with E-state index in [9.17, 15) is 13.2 Å². The molecule has 1 aromatic carbocycles. The molecule has 1 amide bonds. The number of benzene rings is 1. The van der Waals surface area contributed by atoms with Crippen LogP contribution in [0, 0.1) is 0 Å². The molecule has 0 radical (unpaired) electrons. The van der Waals surface area contributed by atoms with Gasteiger partial charge in [0.2, 0.25) is 21.9 Å². The Morgan fingerprint density at radius 2 is 1.93 bits per heavy atom. The second kappa shape index (κ2) is 7.65. The number of anilines is 1. The number of carbonyl (C=O) groups excluding carboxylic acids is 1. The molecular formula is C17H24N6O3S. The van der Waals surface area contributed by atoms with Gasteiger partial charge in [-0.15, -0.1) is 5.10 Å². The summed E-state index contributed by atoms with van der Waals surface area (Å²) in [5, 5.41) is 6.34. The Hall–Kier alpha value is -2.46. The zero-order valence-corrected chi connectivity index (χ0v) is 16.2. The van der Waals surface area contributed by atoms with Crippen LogP contribution in [0.3, 0.4) is 0 Å². The average Bonchev–Trinajstić information content (AvgIpc) is 3.02. The number of hydrogen-bond acceptors (Lipinski definition) is 6. The summed E-state index contributed by atoms with van der Waals surface area (Å²) in [5.41, 5.74) is 6.21. The number of aromatic nitrogens is 3. The highest BCUT2D eigenvalue weighted by Gasteiger charge is 2.39. The lowest BCUT2D eigenvalue weighted by atomic mass is 10.1. The van der Waals surface area contributed by atoms with Crippen molar-refractivity contribution < 1.29 is 13.2 Å². The van der Waals surface area contributed by atoms with Crippen molar-refractivity contribution in [2.75, 3.05) is 18.8 Å². The molecule has 9 nitrogen and oxygen atoms in total. The van der Waals surface area contributed by atoms with Crippen molar-refractivity contribution in [3.63, 3.8) is 0 Å². The van der Waals surface area contributed by atoms with E-state index in [0.29, 0.717) is 12.4 Å². The molecule has 1 aliphatic heterocycles. The molecule has 1 aromatic heterocycles. The van der Waals surface area contributed by atoms with Gasteiger partial charge >= 0.3 is 0 Å². The Kier molecular flexibility index (Phi) is 5.47. The highest BCUT2D eigenvalue weighted by molar-refractivity contribution is 7.88. The number of amides is 1. The Balaban J connectivity index is 1.68. The summed E-state index contributed by atoms with van der Waals surface area (Å²) in [7, 11) is -3.47. The van der Waals surface area contributed by atoms with Crippen LogP contribution in [-0.2, 0) is 27.0 Å². The maximum Gasteiger partial charge on any atom is 0.239 e. The number of piperazine rings is 1. The first-order chi connectivity index (χ1) is 12.8. The van der Waals surface area contributed by atoms with Crippen molar-refractivity contribution in [1.82, 2.24) is 24.4 Å². The lowest BCUT2D eigenvalue weighted by Crippen LogP contribution is -2.60. The SMILES string of the molecule is C[C@@H]1[C@@H](C)N(S(=O)(=O)Cc2ccccc2)CCN1C(=O)Cc1nc(N)n[nH]1. The molecule has 2 atom stereocenters. The van der Waals surface area contributed by atoms with Gasteiger partial charge in [0.25, 0.3) is 0 Å². The van der Waals surface area contributed by atoms with Gasteiger partial charge in [-0.3, -0.25) is 9.89 Å². The van der Waals surface area contributed by atoms with Crippen LogP contribution in [0.4, 0.5) is 5.95 Å². The Morgan fingerprint density at radius 3 is 2.56 bits per heavy atom. The van der Waals surface area contributed by atoms with Gasteiger partial charge in [-0.2, -0.15) is 9.29 Å². The second-order valence-corrected chi connectivity index (χ2v) is 8.66. The van der Waals surface area contributed by atoms with Crippen LogP contribution in [0.25, 0.3) is 0 Å². The van der Waals surface area contributed by atoms with Crippen LogP contribution in [0.5, 0.6) is 0 Å². The van der Waals surface area contributed by atoms with Gasteiger partial charge in [-0.1, -0.05) is 30.3 Å². The molecule has 1 fully saturated rings. The van der Waals surface area contributed by atoms with Crippen LogP contribution in [-0.4, -0.2) is 63.9 Å². The van der Waals surface area contributed by atoms with Crippen LogP contribution in [0.15, 0.2) is 30.3 Å². The molecule has 0 unspecified atom stereocenters. The fourth-order valence-electron chi connectivity index (χ4n) is 3.36. The van der Waals surface area contributed by atoms with Crippen LogP contribution in [0.1, 0.15) is 25.2 Å². The van der Waals surface area contributed by atoms with Crippen molar-refractivity contribution in [2.24, 2.45) is 0 Å². The average molecular weight is 392 g/mol. The molecule has 3 N–H and O–H groups in total. The molecule has 3 rings (SSSR count). The minimum atomic E-state index is -3.47. The third-order valence-corrected chi connectivity index (χ3v) is 6.87. The number of sulfonamides is 1. The van der Waals surface area contributed by atoms with Crippen LogP contribution < -0.4 is 5.73 Å². The molecule has 0 spiro atoms. The van der Waals surface area contributed by atoms with E-state index < -0.39 is 10.0 Å². The predicted molar refractivity (Wildman–Crippen MR) is 101 cm³/mol. The predicted octanol–water partition coefficient (Wildman–Crippen LogP) is 0.381. The highest BCUT2D eigenvalue weighted by Crippen LogP contribution is 2.23. The number of hydrogen-bond donors (Lipinski definition) is 2. The zero-order chi connectivity index (χ0) is 19.6. The van der Waals surface area contributed by atoms with E-state index >= 15 is 0 Å². The minimum absolute atomic E-state index is 0.0454. The Labute approximate surface area is 158 Å². The molecule has 1 saturated heterocycles. The summed E-state index contributed by atoms with van der Waals surface area (Å²) in [6.45, 7) is 4.30. The summed E-state index contributed by atoms with van der Waals surface area (Å²) in [4.78, 5) is 18.2. The Bertz CT molecular complexity index is 898. The smallest absolute Gasteiger partial charge is 0.239 e. The maximum absolute atomic E-state index is 12.9. The van der Waals surface area contributed by atoms with E-state index in [4.69, 9.17) is 5.73 Å². The van der Waals surface area contributed by atoms with Gasteiger partial charge in [0.1, 0.15) is 5.82 Å². The monoisotopic (exact) mass is 392 g/mol. The summed E-state index contributed by atoms with van der Waals surface area (Å²) < 4.78 is 27.2. The number of carbonyl (C=O) groups is 1. The molecule has 2 heterocycles. The molecule has 0 bridgehead atoms. The van der Waals surface area contributed by atoms with Crippen molar-refractivity contribution in [3.05, 3.63) is 41.7 Å². The molecule has 1 aliphatic rings. The standard InChI is InChI=1S/C17H24N6O3S/c1-12-13(2)23(27(25,26)11-14-6-4-3-5-7-14)9-8-22(12)16(24)10-15-19-17(18)21-20-15/h3-7,12-13H,8-11H2,1-2H3,(H3,18,19,20,21)/t12-,13-/m1/s1. The highest BCUT2D eigenvalue weighted by atomic mass is 32.2.